The summed E-state index contributed by atoms with van der Waals surface area (Å²) in [6.45, 7) is 6.03. The van der Waals surface area contributed by atoms with Gasteiger partial charge in [-0.25, -0.2) is 4.39 Å². The van der Waals surface area contributed by atoms with Gasteiger partial charge in [0.25, 0.3) is 0 Å². The van der Waals surface area contributed by atoms with E-state index in [4.69, 9.17) is 9.47 Å². The topological polar surface area (TPSA) is 41.9 Å². The van der Waals surface area contributed by atoms with Crippen LogP contribution in [-0.2, 0) is 4.74 Å². The van der Waals surface area contributed by atoms with Crippen molar-refractivity contribution < 1.29 is 19.0 Å². The van der Waals surface area contributed by atoms with Gasteiger partial charge in [0.15, 0.2) is 0 Å². The van der Waals surface area contributed by atoms with Gasteiger partial charge in [-0.3, -0.25) is 0 Å². The third-order valence-electron chi connectivity index (χ3n) is 3.76. The van der Waals surface area contributed by atoms with Gasteiger partial charge in [0.05, 0.1) is 12.7 Å². The normalized spacial score (nSPS) is 23.8. The lowest BCUT2D eigenvalue weighted by atomic mass is 10.1. The Morgan fingerprint density at radius 2 is 1.95 bits per heavy atom. The summed E-state index contributed by atoms with van der Waals surface area (Å²) in [4.78, 5) is 2.28. The predicted octanol–water partition coefficient (Wildman–Crippen LogP) is 2.07. The van der Waals surface area contributed by atoms with Crippen molar-refractivity contribution >= 4 is 0 Å². The van der Waals surface area contributed by atoms with Crippen molar-refractivity contribution in [3.8, 4) is 5.75 Å². The second-order valence-corrected chi connectivity index (χ2v) is 5.29. The molecular formula is C16H24FNO3. The summed E-state index contributed by atoms with van der Waals surface area (Å²) >= 11 is 0. The second kappa shape index (κ2) is 8.32. The lowest BCUT2D eigenvalue weighted by molar-refractivity contribution is 0.0349. The molecule has 1 aliphatic rings. The molecule has 0 amide bonds. The van der Waals surface area contributed by atoms with Gasteiger partial charge in [0.1, 0.15) is 17.7 Å². The van der Waals surface area contributed by atoms with E-state index >= 15 is 0 Å². The fraction of sp³-hybridized carbons (Fsp3) is 0.625. The van der Waals surface area contributed by atoms with Crippen molar-refractivity contribution in [1.29, 1.82) is 0 Å². The Morgan fingerprint density at radius 3 is 2.67 bits per heavy atom. The van der Waals surface area contributed by atoms with Crippen LogP contribution < -0.4 is 4.74 Å². The van der Waals surface area contributed by atoms with Crippen molar-refractivity contribution in [2.45, 2.75) is 32.0 Å². The molecule has 1 aromatic carbocycles. The van der Waals surface area contributed by atoms with Gasteiger partial charge in [-0.05, 0) is 44.0 Å². The molecule has 0 spiro atoms. The minimum absolute atomic E-state index is 0.243. The Kier molecular flexibility index (Phi) is 6.42. The van der Waals surface area contributed by atoms with E-state index in [-0.39, 0.29) is 11.9 Å². The van der Waals surface area contributed by atoms with Gasteiger partial charge < -0.3 is 19.5 Å². The van der Waals surface area contributed by atoms with Crippen molar-refractivity contribution in [2.24, 2.45) is 0 Å². The minimum atomic E-state index is -0.493. The first-order valence-corrected chi connectivity index (χ1v) is 7.59. The molecule has 118 valence electrons. The van der Waals surface area contributed by atoms with Crippen LogP contribution in [-0.4, -0.2) is 55.1 Å². The average molecular weight is 297 g/mol. The zero-order chi connectivity index (χ0) is 15.1. The molecule has 2 rings (SSSR count). The molecule has 0 aliphatic carbocycles. The van der Waals surface area contributed by atoms with E-state index in [2.05, 4.69) is 4.90 Å². The summed E-state index contributed by atoms with van der Waals surface area (Å²) in [5.74, 6) is 0.314. The molecule has 21 heavy (non-hydrogen) atoms. The van der Waals surface area contributed by atoms with Crippen LogP contribution in [0.15, 0.2) is 24.3 Å². The van der Waals surface area contributed by atoms with E-state index in [1.54, 1.807) is 12.1 Å². The van der Waals surface area contributed by atoms with Crippen LogP contribution in [0.3, 0.4) is 0 Å². The maximum absolute atomic E-state index is 12.9. The third kappa shape index (κ3) is 5.26. The van der Waals surface area contributed by atoms with Crippen molar-refractivity contribution in [3.63, 3.8) is 0 Å². The molecule has 0 radical (unpaired) electrons. The molecule has 5 heteroatoms. The molecule has 1 saturated heterocycles. The predicted molar refractivity (Wildman–Crippen MR) is 79.0 cm³/mol. The Bertz CT molecular complexity index is 412. The van der Waals surface area contributed by atoms with Crippen LogP contribution in [0.25, 0.3) is 0 Å². The zero-order valence-electron chi connectivity index (χ0n) is 12.5. The van der Waals surface area contributed by atoms with Crippen LogP contribution in [0.4, 0.5) is 4.39 Å². The number of likely N-dealkylation sites (tertiary alicyclic amines) is 1. The van der Waals surface area contributed by atoms with Crippen LogP contribution in [0, 0.1) is 5.82 Å². The van der Waals surface area contributed by atoms with Gasteiger partial charge in [-0.1, -0.05) is 0 Å². The SMILES string of the molecule is CCOCCN1CC[C@H](Oc2ccc(F)cc2)[C@@H](O)CC1. The molecule has 1 aliphatic heterocycles. The Hall–Kier alpha value is -1.17. The Balaban J connectivity index is 1.84. The van der Waals surface area contributed by atoms with E-state index in [1.807, 2.05) is 6.92 Å². The highest BCUT2D eigenvalue weighted by atomic mass is 19.1. The summed E-state index contributed by atoms with van der Waals surface area (Å²) in [6, 6.07) is 5.93. The first kappa shape index (κ1) is 16.2. The first-order chi connectivity index (χ1) is 10.2. The second-order valence-electron chi connectivity index (χ2n) is 5.29. The van der Waals surface area contributed by atoms with Crippen LogP contribution in [0.1, 0.15) is 19.8 Å². The highest BCUT2D eigenvalue weighted by molar-refractivity contribution is 5.22. The zero-order valence-corrected chi connectivity index (χ0v) is 12.5. The number of hydrogen-bond donors (Lipinski definition) is 1. The monoisotopic (exact) mass is 297 g/mol. The molecule has 1 N–H and O–H groups in total. The van der Waals surface area contributed by atoms with E-state index in [9.17, 15) is 9.50 Å². The van der Waals surface area contributed by atoms with Crippen molar-refractivity contribution in [2.75, 3.05) is 32.8 Å². The van der Waals surface area contributed by atoms with E-state index in [0.29, 0.717) is 12.2 Å². The van der Waals surface area contributed by atoms with Gasteiger partial charge in [0, 0.05) is 26.2 Å². The third-order valence-corrected chi connectivity index (χ3v) is 3.76. The molecule has 1 fully saturated rings. The standard InChI is InChI=1S/C16H24FNO3/c1-2-20-12-11-18-9-7-15(19)16(8-10-18)21-14-5-3-13(17)4-6-14/h3-6,15-16,19H,2,7-12H2,1H3/t15-,16-/m0/s1. The van der Waals surface area contributed by atoms with Gasteiger partial charge >= 0.3 is 0 Å². The highest BCUT2D eigenvalue weighted by Crippen LogP contribution is 2.20. The minimum Gasteiger partial charge on any atom is -0.488 e. The number of benzene rings is 1. The molecular weight excluding hydrogens is 273 g/mol. The van der Waals surface area contributed by atoms with E-state index < -0.39 is 6.10 Å². The number of halogens is 1. The molecule has 0 saturated carbocycles. The number of ether oxygens (including phenoxy) is 2. The quantitative estimate of drug-likeness (QED) is 0.816. The highest BCUT2D eigenvalue weighted by Gasteiger charge is 2.26. The summed E-state index contributed by atoms with van der Waals surface area (Å²) in [6.07, 6.45) is 0.697. The van der Waals surface area contributed by atoms with Crippen LogP contribution in [0.2, 0.25) is 0 Å². The largest absolute Gasteiger partial charge is 0.488 e. The number of hydrogen-bond acceptors (Lipinski definition) is 4. The number of nitrogens with zero attached hydrogens (tertiary/aromatic N) is 1. The molecule has 4 nitrogen and oxygen atoms in total. The summed E-state index contributed by atoms with van der Waals surface area (Å²) in [5, 5.41) is 10.2. The van der Waals surface area contributed by atoms with Gasteiger partial charge in [0.2, 0.25) is 0 Å². The maximum Gasteiger partial charge on any atom is 0.126 e. The van der Waals surface area contributed by atoms with Crippen LogP contribution >= 0.6 is 0 Å². The molecule has 2 atom stereocenters. The van der Waals surface area contributed by atoms with Crippen molar-refractivity contribution in [1.82, 2.24) is 4.90 Å². The lowest BCUT2D eigenvalue weighted by Gasteiger charge is -2.21. The van der Waals surface area contributed by atoms with Gasteiger partial charge in [-0.15, -0.1) is 0 Å². The van der Waals surface area contributed by atoms with E-state index in [1.165, 1.54) is 12.1 Å². The fourth-order valence-electron chi connectivity index (χ4n) is 2.50. The summed E-state index contributed by atoms with van der Waals surface area (Å²) < 4.78 is 24.1. The molecule has 1 heterocycles. The lowest BCUT2D eigenvalue weighted by Crippen LogP contribution is -2.31. The van der Waals surface area contributed by atoms with Crippen molar-refractivity contribution in [3.05, 3.63) is 30.1 Å². The molecule has 0 unspecified atom stereocenters. The smallest absolute Gasteiger partial charge is 0.126 e. The number of aliphatic hydroxyl groups is 1. The number of rotatable bonds is 6. The maximum atomic E-state index is 12.9. The fourth-order valence-corrected chi connectivity index (χ4v) is 2.50. The summed E-state index contributed by atoms with van der Waals surface area (Å²) in [7, 11) is 0. The molecule has 1 aromatic rings. The Morgan fingerprint density at radius 1 is 1.24 bits per heavy atom. The number of aliphatic hydroxyl groups excluding tert-OH is 1. The first-order valence-electron chi connectivity index (χ1n) is 7.59. The average Bonchev–Trinajstić information content (AvgIpc) is 2.65. The van der Waals surface area contributed by atoms with Gasteiger partial charge in [-0.2, -0.15) is 0 Å². The Labute approximate surface area is 125 Å². The van der Waals surface area contributed by atoms with Crippen LogP contribution in [0.5, 0.6) is 5.75 Å². The van der Waals surface area contributed by atoms with E-state index in [0.717, 1.165) is 39.3 Å². The summed E-state index contributed by atoms with van der Waals surface area (Å²) in [5.41, 5.74) is 0. The molecule has 0 aromatic heterocycles. The molecule has 0 bridgehead atoms.